The van der Waals surface area contributed by atoms with Gasteiger partial charge in [0.1, 0.15) is 0 Å². The SMILES string of the molecule is CC=[N-].CC=[N-].[Ir].[c-]1ccccc1N1C=CN(CCCCN2C=CN(c3[c-]cccc3)[CH-]2)[CH-]1. The number of rotatable bonds is 7. The molecule has 4 rings (SSSR count). The number of hydrogen-bond donors (Lipinski definition) is 0. The van der Waals surface area contributed by atoms with Gasteiger partial charge >= 0.3 is 0 Å². The van der Waals surface area contributed by atoms with Crippen LogP contribution in [0.4, 0.5) is 11.4 Å². The normalized spacial score (nSPS) is 13.5. The van der Waals surface area contributed by atoms with Crippen LogP contribution in [0.1, 0.15) is 26.7 Å². The van der Waals surface area contributed by atoms with Crippen molar-refractivity contribution in [2.75, 3.05) is 22.9 Å². The number of benzene rings is 2. The van der Waals surface area contributed by atoms with E-state index in [1.165, 1.54) is 0 Å². The van der Waals surface area contributed by atoms with Gasteiger partial charge < -0.3 is 30.4 Å². The number of para-hydroxylation sites is 2. The largest absolute Gasteiger partial charge is 0.814 e. The average Bonchev–Trinajstić information content (AvgIpc) is 3.49. The Hall–Kier alpha value is -2.89. The molecule has 2 aromatic rings. The molecular formula is C26H30IrN6-6. The summed E-state index contributed by atoms with van der Waals surface area (Å²) in [6.07, 6.45) is 12.7. The van der Waals surface area contributed by atoms with Crippen molar-refractivity contribution in [3.8, 4) is 0 Å². The van der Waals surface area contributed by atoms with Crippen LogP contribution in [0.5, 0.6) is 0 Å². The Kier molecular flexibility index (Phi) is 14.2. The molecule has 0 spiro atoms. The molecule has 0 unspecified atom stereocenters. The minimum absolute atomic E-state index is 0. The van der Waals surface area contributed by atoms with Gasteiger partial charge in [-0.25, -0.2) is 12.4 Å². The van der Waals surface area contributed by atoms with E-state index in [0.717, 1.165) is 49.7 Å². The van der Waals surface area contributed by atoms with E-state index in [9.17, 15) is 0 Å². The summed E-state index contributed by atoms with van der Waals surface area (Å²) in [4.78, 5) is 8.67. The van der Waals surface area contributed by atoms with Crippen LogP contribution in [0.25, 0.3) is 10.8 Å². The van der Waals surface area contributed by atoms with Crippen molar-refractivity contribution in [2.45, 2.75) is 26.7 Å². The summed E-state index contributed by atoms with van der Waals surface area (Å²) in [5, 5.41) is 14.9. The fraction of sp³-hybridized carbons (Fsp3) is 0.231. The molecule has 0 saturated carbocycles. The predicted molar refractivity (Wildman–Crippen MR) is 135 cm³/mol. The summed E-state index contributed by atoms with van der Waals surface area (Å²) in [7, 11) is 0. The zero-order chi connectivity index (χ0) is 23.0. The van der Waals surface area contributed by atoms with Gasteiger partial charge in [0.2, 0.25) is 0 Å². The van der Waals surface area contributed by atoms with Gasteiger partial charge in [0.05, 0.1) is 0 Å². The van der Waals surface area contributed by atoms with Crippen LogP contribution in [-0.2, 0) is 20.1 Å². The van der Waals surface area contributed by atoms with Gasteiger partial charge in [0.15, 0.2) is 0 Å². The molecule has 179 valence electrons. The summed E-state index contributed by atoms with van der Waals surface area (Å²) in [6.45, 7) is 9.41. The Morgan fingerprint density at radius 2 is 1.12 bits per heavy atom. The number of anilines is 2. The zero-order valence-corrected chi connectivity index (χ0v) is 21.5. The van der Waals surface area contributed by atoms with Crippen molar-refractivity contribution < 1.29 is 20.1 Å². The van der Waals surface area contributed by atoms with Crippen molar-refractivity contribution in [1.82, 2.24) is 9.80 Å². The molecule has 0 bridgehead atoms. The topological polar surface area (TPSA) is 57.6 Å². The first kappa shape index (κ1) is 28.1. The fourth-order valence-corrected chi connectivity index (χ4v) is 3.02. The summed E-state index contributed by atoms with van der Waals surface area (Å²) in [5.74, 6) is 0. The van der Waals surface area contributed by atoms with Crippen LogP contribution in [0.2, 0.25) is 0 Å². The smallest absolute Gasteiger partial charge is 0 e. The first-order valence-corrected chi connectivity index (χ1v) is 10.6. The molecule has 0 aliphatic carbocycles. The molecule has 33 heavy (non-hydrogen) atoms. The molecule has 7 heteroatoms. The summed E-state index contributed by atoms with van der Waals surface area (Å²) < 4.78 is 0. The van der Waals surface area contributed by atoms with Crippen LogP contribution in [0.15, 0.2) is 73.3 Å². The third kappa shape index (κ3) is 10.1. The van der Waals surface area contributed by atoms with Gasteiger partial charge in [-0.1, -0.05) is 13.8 Å². The standard InChI is InChI=1S/C22H22N4.2C2H4N.Ir/c1-3-9-21(10-4-1)25-17-15-23(19-25)13-7-8-14-24-16-18-26(20-24)22-11-5-2-6-12-22;2*1-2-3;/h1-6,9,11,15-20H,7-8,13-14H2;2*2H,1H3;/q-4;2*-1;. The molecule has 0 fully saturated rings. The van der Waals surface area contributed by atoms with E-state index < -0.39 is 0 Å². The molecule has 2 aromatic carbocycles. The van der Waals surface area contributed by atoms with Crippen LogP contribution in [-0.4, -0.2) is 35.3 Å². The van der Waals surface area contributed by atoms with Crippen LogP contribution < -0.4 is 9.80 Å². The van der Waals surface area contributed by atoms with E-state index in [4.69, 9.17) is 10.8 Å². The molecule has 0 amide bonds. The van der Waals surface area contributed by atoms with Gasteiger partial charge in [0.25, 0.3) is 0 Å². The summed E-state index contributed by atoms with van der Waals surface area (Å²) >= 11 is 0. The van der Waals surface area contributed by atoms with E-state index in [-0.39, 0.29) is 20.1 Å². The quantitative estimate of drug-likeness (QED) is 0.234. The first-order valence-electron chi connectivity index (χ1n) is 10.6. The van der Waals surface area contributed by atoms with Crippen LogP contribution in [0.3, 0.4) is 0 Å². The minimum atomic E-state index is 0. The fourth-order valence-electron chi connectivity index (χ4n) is 3.02. The van der Waals surface area contributed by atoms with Gasteiger partial charge in [-0.15, -0.1) is 11.4 Å². The summed E-state index contributed by atoms with van der Waals surface area (Å²) in [5.41, 5.74) is 2.14. The second-order valence-electron chi connectivity index (χ2n) is 6.84. The Morgan fingerprint density at radius 1 is 0.727 bits per heavy atom. The van der Waals surface area contributed by atoms with Crippen molar-refractivity contribution in [1.29, 1.82) is 0 Å². The van der Waals surface area contributed by atoms with Crippen LogP contribution in [0, 0.1) is 25.5 Å². The minimum Gasteiger partial charge on any atom is -0.814 e. The monoisotopic (exact) mass is 619 g/mol. The predicted octanol–water partition coefficient (Wildman–Crippen LogP) is 5.48. The Bertz CT molecular complexity index is 769. The number of nitrogens with zero attached hydrogens (tertiary/aromatic N) is 6. The zero-order valence-electron chi connectivity index (χ0n) is 19.1. The second kappa shape index (κ2) is 16.7. The third-order valence-corrected chi connectivity index (χ3v) is 4.41. The molecule has 6 nitrogen and oxygen atoms in total. The Morgan fingerprint density at radius 3 is 1.45 bits per heavy atom. The molecule has 0 atom stereocenters. The molecule has 0 N–H and O–H groups in total. The summed E-state index contributed by atoms with van der Waals surface area (Å²) in [6, 6.07) is 22.5. The van der Waals surface area contributed by atoms with E-state index in [1.807, 2.05) is 36.4 Å². The van der Waals surface area contributed by atoms with Gasteiger partial charge in [-0.3, -0.25) is 0 Å². The maximum atomic E-state index is 7.44. The third-order valence-electron chi connectivity index (χ3n) is 4.41. The first-order chi connectivity index (χ1) is 15.7. The van der Waals surface area contributed by atoms with E-state index >= 15 is 0 Å². The number of hydrogen-bond acceptors (Lipinski definition) is 4. The van der Waals surface area contributed by atoms with Crippen LogP contribution >= 0.6 is 0 Å². The van der Waals surface area contributed by atoms with E-state index in [2.05, 4.69) is 82.0 Å². The van der Waals surface area contributed by atoms with Crippen molar-refractivity contribution >= 4 is 23.8 Å². The average molecular weight is 619 g/mol. The molecule has 2 aliphatic heterocycles. The van der Waals surface area contributed by atoms with E-state index in [1.54, 1.807) is 13.8 Å². The van der Waals surface area contributed by atoms with Gasteiger partial charge in [0, 0.05) is 20.1 Å². The van der Waals surface area contributed by atoms with Crippen molar-refractivity contribution in [3.05, 3.63) is 110 Å². The maximum Gasteiger partial charge on any atom is 0 e. The Labute approximate surface area is 212 Å². The maximum absolute atomic E-state index is 7.44. The second-order valence-corrected chi connectivity index (χ2v) is 6.84. The van der Waals surface area contributed by atoms with Crippen molar-refractivity contribution in [2.24, 2.45) is 0 Å². The van der Waals surface area contributed by atoms with Gasteiger partial charge in [-0.2, -0.15) is 74.0 Å². The molecule has 2 aliphatic rings. The Balaban J connectivity index is 0.000000706. The van der Waals surface area contributed by atoms with Crippen molar-refractivity contribution in [3.63, 3.8) is 0 Å². The molecule has 2 heterocycles. The van der Waals surface area contributed by atoms with E-state index in [0.29, 0.717) is 0 Å². The molecule has 0 aromatic heterocycles. The number of unbranched alkanes of at least 4 members (excludes halogenated alkanes) is 1. The molecular weight excluding hydrogens is 589 g/mol. The van der Waals surface area contributed by atoms with Gasteiger partial charge in [-0.05, 0) is 50.7 Å². The molecule has 1 radical (unpaired) electrons. The molecule has 0 saturated heterocycles.